The summed E-state index contributed by atoms with van der Waals surface area (Å²) in [7, 11) is 0. The molecule has 73 valence electrons. The molecule has 0 unspecified atom stereocenters. The second kappa shape index (κ2) is 4.25. The molecule has 0 aliphatic heterocycles. The van der Waals surface area contributed by atoms with Crippen LogP contribution in [-0.2, 0) is 0 Å². The molecule has 0 N–H and O–H groups in total. The number of hydrogen-bond acceptors (Lipinski definition) is 3. The molecule has 2 rings (SSSR count). The van der Waals surface area contributed by atoms with Crippen LogP contribution in [0.2, 0.25) is 0 Å². The van der Waals surface area contributed by atoms with Gasteiger partial charge in [-0.05, 0) is 23.8 Å². The van der Waals surface area contributed by atoms with Crippen LogP contribution in [0.5, 0.6) is 0 Å². The van der Waals surface area contributed by atoms with Crippen molar-refractivity contribution in [2.45, 2.75) is 0 Å². The van der Waals surface area contributed by atoms with Gasteiger partial charge in [0.05, 0.1) is 17.3 Å². The van der Waals surface area contributed by atoms with Crippen LogP contribution in [-0.4, -0.2) is 4.98 Å². The summed E-state index contributed by atoms with van der Waals surface area (Å²) in [5.41, 5.74) is 2.35. The van der Waals surface area contributed by atoms with Gasteiger partial charge in [-0.25, -0.2) is 0 Å². The summed E-state index contributed by atoms with van der Waals surface area (Å²) in [6.45, 7) is 0. The smallest absolute Gasteiger partial charge is 0.101 e. The van der Waals surface area contributed by atoms with Gasteiger partial charge in [0.2, 0.25) is 0 Å². The number of nitriles is 2. The Hall–Kier alpha value is -2.65. The van der Waals surface area contributed by atoms with Gasteiger partial charge in [0.15, 0.2) is 0 Å². The molecule has 3 heteroatoms. The third kappa shape index (κ3) is 1.63. The molecule has 2 aromatic rings. The van der Waals surface area contributed by atoms with Gasteiger partial charge in [-0.3, -0.25) is 4.98 Å². The van der Waals surface area contributed by atoms with Gasteiger partial charge < -0.3 is 0 Å². The van der Waals surface area contributed by atoms with Gasteiger partial charge in [0.25, 0.3) is 0 Å². The maximum Gasteiger partial charge on any atom is 0.101 e. The van der Waals surface area contributed by atoms with Crippen LogP contribution in [0.4, 0.5) is 0 Å². The second-order valence-electron chi connectivity index (χ2n) is 3.13. The minimum absolute atomic E-state index is 0.386. The van der Waals surface area contributed by atoms with Crippen LogP contribution < -0.4 is 0 Å². The van der Waals surface area contributed by atoms with E-state index < -0.39 is 0 Å². The Morgan fingerprint density at radius 2 is 2.00 bits per heavy atom. The zero-order chi connectivity index (χ0) is 11.4. The lowest BCUT2D eigenvalue weighted by molar-refractivity contribution is 1.31. The van der Waals surface area contributed by atoms with Crippen LogP contribution in [0, 0.1) is 28.9 Å². The maximum atomic E-state index is 9.06. The molecule has 0 aliphatic rings. The molecule has 0 atom stereocenters. The highest BCUT2D eigenvalue weighted by molar-refractivity contribution is 5.73. The molecular weight excluding hydrogens is 198 g/mol. The van der Waals surface area contributed by atoms with E-state index >= 15 is 0 Å². The molecule has 0 saturated heterocycles. The molecular formula is C13H6N3. The SMILES string of the molecule is N#Cc1cccc(-c2c[c]ncc2)c1C#N. The molecule has 0 aliphatic carbocycles. The Morgan fingerprint density at radius 1 is 1.12 bits per heavy atom. The minimum Gasteiger partial charge on any atom is -0.255 e. The van der Waals surface area contributed by atoms with Crippen molar-refractivity contribution in [3.8, 4) is 23.3 Å². The quantitative estimate of drug-likeness (QED) is 0.716. The van der Waals surface area contributed by atoms with Crippen LogP contribution in [0.3, 0.4) is 0 Å². The van der Waals surface area contributed by atoms with Crippen LogP contribution >= 0.6 is 0 Å². The first-order valence-corrected chi connectivity index (χ1v) is 4.62. The van der Waals surface area contributed by atoms with E-state index in [1.165, 1.54) is 0 Å². The molecule has 1 radical (unpaired) electrons. The Labute approximate surface area is 93.2 Å². The van der Waals surface area contributed by atoms with Gasteiger partial charge in [0, 0.05) is 11.8 Å². The summed E-state index contributed by atoms with van der Waals surface area (Å²) in [6, 6.07) is 12.7. The van der Waals surface area contributed by atoms with Crippen LogP contribution in [0.15, 0.2) is 36.5 Å². The average Bonchev–Trinajstić information content (AvgIpc) is 2.38. The number of nitrogens with zero attached hydrogens (tertiary/aromatic N) is 3. The minimum atomic E-state index is 0.386. The molecule has 16 heavy (non-hydrogen) atoms. The van der Waals surface area contributed by atoms with E-state index in [0.717, 1.165) is 11.1 Å². The first-order chi connectivity index (χ1) is 7.86. The van der Waals surface area contributed by atoms with E-state index in [2.05, 4.69) is 17.3 Å². The number of hydrogen-bond donors (Lipinski definition) is 0. The monoisotopic (exact) mass is 204 g/mol. The summed E-state index contributed by atoms with van der Waals surface area (Å²) in [5.74, 6) is 0. The Balaban J connectivity index is 2.69. The van der Waals surface area contributed by atoms with Crippen molar-refractivity contribution in [2.24, 2.45) is 0 Å². The maximum absolute atomic E-state index is 9.06. The number of pyridine rings is 1. The Bertz CT molecular complexity index is 589. The molecule has 3 nitrogen and oxygen atoms in total. The fourth-order valence-corrected chi connectivity index (χ4v) is 1.49. The molecule has 0 spiro atoms. The van der Waals surface area contributed by atoms with E-state index in [1.54, 1.807) is 30.5 Å². The van der Waals surface area contributed by atoms with E-state index in [-0.39, 0.29) is 0 Å². The summed E-state index contributed by atoms with van der Waals surface area (Å²) < 4.78 is 0. The summed E-state index contributed by atoms with van der Waals surface area (Å²) in [5, 5.41) is 18.0. The average molecular weight is 204 g/mol. The van der Waals surface area contributed by atoms with Crippen LogP contribution in [0.1, 0.15) is 11.1 Å². The van der Waals surface area contributed by atoms with Crippen LogP contribution in [0.25, 0.3) is 11.1 Å². The fraction of sp³-hybridized carbons (Fsp3) is 0. The Kier molecular flexibility index (Phi) is 2.63. The van der Waals surface area contributed by atoms with Crippen molar-refractivity contribution in [3.63, 3.8) is 0 Å². The van der Waals surface area contributed by atoms with Crippen molar-refractivity contribution in [3.05, 3.63) is 53.9 Å². The number of rotatable bonds is 1. The standard InChI is InChI=1S/C13H6N3/c14-8-11-2-1-3-12(13(11)9-15)10-4-6-16-7-5-10/h1-6H. The predicted octanol–water partition coefficient (Wildman–Crippen LogP) is 2.29. The molecule has 0 fully saturated rings. The zero-order valence-electron chi connectivity index (χ0n) is 8.31. The van der Waals surface area contributed by atoms with Gasteiger partial charge in [0.1, 0.15) is 12.1 Å². The topological polar surface area (TPSA) is 60.5 Å². The first kappa shape index (κ1) is 9.89. The van der Waals surface area contributed by atoms with E-state index in [4.69, 9.17) is 10.5 Å². The Morgan fingerprint density at radius 3 is 2.62 bits per heavy atom. The van der Waals surface area contributed by atoms with Crippen molar-refractivity contribution in [2.75, 3.05) is 0 Å². The molecule has 0 saturated carbocycles. The van der Waals surface area contributed by atoms with E-state index in [1.807, 2.05) is 12.1 Å². The van der Waals surface area contributed by atoms with E-state index in [9.17, 15) is 0 Å². The lowest BCUT2D eigenvalue weighted by Crippen LogP contribution is -1.89. The summed E-state index contributed by atoms with van der Waals surface area (Å²) >= 11 is 0. The highest BCUT2D eigenvalue weighted by Gasteiger charge is 2.08. The third-order valence-corrected chi connectivity index (χ3v) is 2.23. The molecule has 1 heterocycles. The summed E-state index contributed by atoms with van der Waals surface area (Å²) in [4.78, 5) is 3.80. The number of benzene rings is 1. The lowest BCUT2D eigenvalue weighted by Gasteiger charge is -2.04. The lowest BCUT2D eigenvalue weighted by atomic mass is 9.97. The zero-order valence-corrected chi connectivity index (χ0v) is 8.31. The van der Waals surface area contributed by atoms with Crippen molar-refractivity contribution in [1.82, 2.24) is 4.98 Å². The number of aromatic nitrogens is 1. The van der Waals surface area contributed by atoms with E-state index in [0.29, 0.717) is 11.1 Å². The normalized spacial score (nSPS) is 9.12. The van der Waals surface area contributed by atoms with Crippen molar-refractivity contribution >= 4 is 0 Å². The predicted molar refractivity (Wildman–Crippen MR) is 57.9 cm³/mol. The second-order valence-corrected chi connectivity index (χ2v) is 3.13. The highest BCUT2D eigenvalue weighted by atomic mass is 14.6. The first-order valence-electron chi connectivity index (χ1n) is 4.62. The third-order valence-electron chi connectivity index (χ3n) is 2.23. The van der Waals surface area contributed by atoms with Gasteiger partial charge in [-0.2, -0.15) is 10.5 Å². The summed E-state index contributed by atoms with van der Waals surface area (Å²) in [6.07, 6.45) is 4.31. The fourth-order valence-electron chi connectivity index (χ4n) is 1.49. The van der Waals surface area contributed by atoms with Crippen molar-refractivity contribution in [1.29, 1.82) is 10.5 Å². The van der Waals surface area contributed by atoms with Gasteiger partial charge >= 0.3 is 0 Å². The largest absolute Gasteiger partial charge is 0.255 e. The van der Waals surface area contributed by atoms with Gasteiger partial charge in [-0.1, -0.05) is 12.1 Å². The van der Waals surface area contributed by atoms with Crippen molar-refractivity contribution < 1.29 is 0 Å². The molecule has 0 bridgehead atoms. The molecule has 1 aromatic heterocycles. The van der Waals surface area contributed by atoms with Gasteiger partial charge in [-0.15, -0.1) is 0 Å². The molecule has 1 aromatic carbocycles. The highest BCUT2D eigenvalue weighted by Crippen LogP contribution is 2.24. The molecule has 0 amide bonds.